The van der Waals surface area contributed by atoms with Crippen LogP contribution in [0.25, 0.3) is 0 Å². The van der Waals surface area contributed by atoms with Crippen LogP contribution in [-0.4, -0.2) is 27.5 Å². The van der Waals surface area contributed by atoms with E-state index in [4.69, 9.17) is 4.74 Å². The monoisotopic (exact) mass is 456 g/mol. The van der Waals surface area contributed by atoms with Crippen LogP contribution in [0.5, 0.6) is 5.75 Å². The molecule has 144 valence electrons. The molecule has 0 aromatic heterocycles. The van der Waals surface area contributed by atoms with Gasteiger partial charge >= 0.3 is 0 Å². The zero-order valence-electron chi connectivity index (χ0n) is 14.5. The first-order valence-electron chi connectivity index (χ1n) is 8.22. The maximum Gasteiger partial charge on any atom is 0.251 e. The number of benzene rings is 2. The van der Waals surface area contributed by atoms with Crippen molar-refractivity contribution < 1.29 is 22.3 Å². The molecule has 9 heteroatoms. The highest BCUT2D eigenvalue weighted by Crippen LogP contribution is 2.26. The molecular weight excluding hydrogens is 439 g/mol. The van der Waals surface area contributed by atoms with Gasteiger partial charge in [0.1, 0.15) is 16.5 Å². The highest BCUT2D eigenvalue weighted by atomic mass is 79.9. The number of methoxy groups -OCH3 is 1. The van der Waals surface area contributed by atoms with Crippen molar-refractivity contribution in [3.05, 3.63) is 57.8 Å². The summed E-state index contributed by atoms with van der Waals surface area (Å²) in [6.07, 6.45) is 1.47. The quantitative estimate of drug-likeness (QED) is 0.670. The molecule has 6 nitrogen and oxygen atoms in total. The van der Waals surface area contributed by atoms with E-state index in [-0.39, 0.29) is 18.2 Å². The molecule has 2 aromatic rings. The van der Waals surface area contributed by atoms with Gasteiger partial charge in [-0.2, -0.15) is 0 Å². The minimum atomic E-state index is -3.99. The van der Waals surface area contributed by atoms with Gasteiger partial charge in [-0.05, 0) is 64.7 Å². The number of ether oxygens (including phenoxy) is 1. The number of halogens is 2. The van der Waals surface area contributed by atoms with Gasteiger partial charge in [0.05, 0.1) is 11.6 Å². The summed E-state index contributed by atoms with van der Waals surface area (Å²) in [5, 5.41) is 2.69. The number of rotatable bonds is 7. The molecule has 3 rings (SSSR count). The molecule has 0 aliphatic heterocycles. The van der Waals surface area contributed by atoms with Crippen molar-refractivity contribution in [2.24, 2.45) is 0 Å². The smallest absolute Gasteiger partial charge is 0.251 e. The van der Waals surface area contributed by atoms with Gasteiger partial charge in [-0.3, -0.25) is 4.79 Å². The van der Waals surface area contributed by atoms with E-state index in [0.717, 1.165) is 35.0 Å². The maximum atomic E-state index is 14.0. The molecule has 1 aliphatic carbocycles. The Labute approximate surface area is 165 Å². The second-order valence-corrected chi connectivity index (χ2v) is 8.73. The molecule has 0 heterocycles. The molecule has 1 aliphatic rings. The van der Waals surface area contributed by atoms with Crippen LogP contribution in [0.1, 0.15) is 28.8 Å². The number of amides is 1. The zero-order chi connectivity index (χ0) is 19.6. The zero-order valence-corrected chi connectivity index (χ0v) is 16.9. The van der Waals surface area contributed by atoms with Crippen LogP contribution < -0.4 is 14.8 Å². The van der Waals surface area contributed by atoms with Gasteiger partial charge in [0.2, 0.25) is 10.0 Å². The Bertz CT molecular complexity index is 977. The molecule has 27 heavy (non-hydrogen) atoms. The average Bonchev–Trinajstić information content (AvgIpc) is 3.43. The highest BCUT2D eigenvalue weighted by Gasteiger charge is 2.30. The Morgan fingerprint density at radius 1 is 1.26 bits per heavy atom. The second kappa shape index (κ2) is 7.95. The van der Waals surface area contributed by atoms with E-state index in [1.165, 1.54) is 6.07 Å². The van der Waals surface area contributed by atoms with Crippen LogP contribution in [0.15, 0.2) is 45.8 Å². The standard InChI is InChI=1S/C18H18BrFN2O4S/c1-26-16-7-2-11(8-14(16)19)10-21-18(23)12-3-6-15(20)17(9-12)27(24,25)22-13-4-5-13/h2-3,6-9,13,22H,4-5,10H2,1H3,(H,21,23). The van der Waals surface area contributed by atoms with Crippen molar-refractivity contribution in [2.75, 3.05) is 7.11 Å². The second-order valence-electron chi connectivity index (χ2n) is 6.19. The topological polar surface area (TPSA) is 84.5 Å². The first kappa shape index (κ1) is 19.8. The highest BCUT2D eigenvalue weighted by molar-refractivity contribution is 9.10. The molecular formula is C18H18BrFN2O4S. The predicted molar refractivity (Wildman–Crippen MR) is 102 cm³/mol. The van der Waals surface area contributed by atoms with Crippen molar-refractivity contribution >= 4 is 31.9 Å². The fourth-order valence-electron chi connectivity index (χ4n) is 2.44. The lowest BCUT2D eigenvalue weighted by atomic mass is 10.2. The van der Waals surface area contributed by atoms with Crippen LogP contribution >= 0.6 is 15.9 Å². The van der Waals surface area contributed by atoms with Gasteiger partial charge in [-0.1, -0.05) is 6.07 Å². The fourth-order valence-corrected chi connectivity index (χ4v) is 4.44. The summed E-state index contributed by atoms with van der Waals surface area (Å²) >= 11 is 3.37. The summed E-state index contributed by atoms with van der Waals surface area (Å²) in [7, 11) is -2.43. The van der Waals surface area contributed by atoms with Crippen molar-refractivity contribution in [2.45, 2.75) is 30.3 Å². The lowest BCUT2D eigenvalue weighted by molar-refractivity contribution is 0.0950. The van der Waals surface area contributed by atoms with E-state index in [2.05, 4.69) is 26.0 Å². The Hall–Kier alpha value is -1.97. The van der Waals surface area contributed by atoms with Crippen LogP contribution in [0.2, 0.25) is 0 Å². The summed E-state index contributed by atoms with van der Waals surface area (Å²) in [6.45, 7) is 0.223. The number of nitrogens with one attached hydrogen (secondary N) is 2. The van der Waals surface area contributed by atoms with E-state index in [0.29, 0.717) is 5.75 Å². The third-order valence-corrected chi connectivity index (χ3v) is 6.21. The number of carbonyl (C=O) groups is 1. The molecule has 1 saturated carbocycles. The van der Waals surface area contributed by atoms with E-state index in [1.54, 1.807) is 25.3 Å². The minimum Gasteiger partial charge on any atom is -0.496 e. The fraction of sp³-hybridized carbons (Fsp3) is 0.278. The Morgan fingerprint density at radius 2 is 2.00 bits per heavy atom. The summed E-state index contributed by atoms with van der Waals surface area (Å²) in [5.74, 6) is -0.717. The molecule has 0 spiro atoms. The summed E-state index contributed by atoms with van der Waals surface area (Å²) in [6, 6.07) is 8.51. The van der Waals surface area contributed by atoms with Gasteiger partial charge in [0.15, 0.2) is 0 Å². The third kappa shape index (κ3) is 4.85. The Kier molecular flexibility index (Phi) is 5.83. The Morgan fingerprint density at radius 3 is 2.63 bits per heavy atom. The molecule has 2 N–H and O–H groups in total. The SMILES string of the molecule is COc1ccc(CNC(=O)c2ccc(F)c(S(=O)(=O)NC3CC3)c2)cc1Br. The first-order valence-corrected chi connectivity index (χ1v) is 10.5. The van der Waals surface area contributed by atoms with Gasteiger partial charge in [0, 0.05) is 18.2 Å². The van der Waals surface area contributed by atoms with Gasteiger partial charge < -0.3 is 10.1 Å². The summed E-state index contributed by atoms with van der Waals surface area (Å²) < 4.78 is 46.8. The molecule has 2 aromatic carbocycles. The van der Waals surface area contributed by atoms with E-state index in [9.17, 15) is 17.6 Å². The van der Waals surface area contributed by atoms with Crippen molar-refractivity contribution in [1.82, 2.24) is 10.0 Å². The van der Waals surface area contributed by atoms with Crippen molar-refractivity contribution in [3.8, 4) is 5.75 Å². The predicted octanol–water partition coefficient (Wildman–Crippen LogP) is 2.97. The van der Waals surface area contributed by atoms with E-state index >= 15 is 0 Å². The summed E-state index contributed by atoms with van der Waals surface area (Å²) in [4.78, 5) is 11.8. The number of carbonyl (C=O) groups excluding carboxylic acids is 1. The molecule has 0 saturated heterocycles. The van der Waals surface area contributed by atoms with E-state index < -0.39 is 26.6 Å². The maximum absolute atomic E-state index is 14.0. The van der Waals surface area contributed by atoms with Gasteiger partial charge in [0.25, 0.3) is 5.91 Å². The molecule has 0 bridgehead atoms. The van der Waals surface area contributed by atoms with Crippen LogP contribution in [-0.2, 0) is 16.6 Å². The number of hydrogen-bond acceptors (Lipinski definition) is 4. The van der Waals surface area contributed by atoms with Crippen LogP contribution in [0, 0.1) is 5.82 Å². The van der Waals surface area contributed by atoms with Crippen molar-refractivity contribution in [3.63, 3.8) is 0 Å². The Balaban J connectivity index is 1.73. The summed E-state index contributed by atoms with van der Waals surface area (Å²) in [5.41, 5.74) is 0.890. The third-order valence-electron chi connectivity index (χ3n) is 4.05. The van der Waals surface area contributed by atoms with Crippen LogP contribution in [0.4, 0.5) is 4.39 Å². The largest absolute Gasteiger partial charge is 0.496 e. The molecule has 0 unspecified atom stereocenters. The van der Waals surface area contributed by atoms with E-state index in [1.807, 2.05) is 0 Å². The van der Waals surface area contributed by atoms with Gasteiger partial charge in [-0.15, -0.1) is 0 Å². The first-order chi connectivity index (χ1) is 12.8. The lowest BCUT2D eigenvalue weighted by Crippen LogP contribution is -2.28. The minimum absolute atomic E-state index is 0.0696. The molecule has 1 amide bonds. The molecule has 0 radical (unpaired) electrons. The number of hydrogen-bond donors (Lipinski definition) is 2. The number of sulfonamides is 1. The molecule has 0 atom stereocenters. The average molecular weight is 457 g/mol. The van der Waals surface area contributed by atoms with Crippen molar-refractivity contribution in [1.29, 1.82) is 0 Å². The van der Waals surface area contributed by atoms with Gasteiger partial charge in [-0.25, -0.2) is 17.5 Å². The molecule has 1 fully saturated rings. The van der Waals surface area contributed by atoms with Crippen LogP contribution in [0.3, 0.4) is 0 Å². The lowest BCUT2D eigenvalue weighted by Gasteiger charge is -2.10. The normalized spacial score (nSPS) is 14.0.